The number of para-hydroxylation sites is 1. The lowest BCUT2D eigenvalue weighted by Gasteiger charge is -2.20. The first kappa shape index (κ1) is 28.4. The number of nitrogens with one attached hydrogen (secondary N) is 2. The first-order valence-electron chi connectivity index (χ1n) is 11.9. The molecule has 1 aromatic heterocycles. The highest BCUT2D eigenvalue weighted by Crippen LogP contribution is 2.23. The van der Waals surface area contributed by atoms with E-state index in [0.717, 1.165) is 19.3 Å². The molecule has 1 heterocycles. The summed E-state index contributed by atoms with van der Waals surface area (Å²) in [5.74, 6) is 0.226. The summed E-state index contributed by atoms with van der Waals surface area (Å²) >= 11 is 1.44. The molecule has 0 bridgehead atoms. The van der Waals surface area contributed by atoms with Gasteiger partial charge in [-0.1, -0.05) is 45.7 Å². The van der Waals surface area contributed by atoms with Crippen LogP contribution in [0.5, 0.6) is 5.75 Å². The summed E-state index contributed by atoms with van der Waals surface area (Å²) in [4.78, 5) is 37.3. The summed E-state index contributed by atoms with van der Waals surface area (Å²) < 4.78 is 24.4. The SMILES string of the molecule is CCCCCC(=O)CSCc1occc1NC(=O)[C@H](CC(C)C)NC(=O)COc1ccccc1F. The van der Waals surface area contributed by atoms with Crippen LogP contribution in [0.25, 0.3) is 0 Å². The predicted molar refractivity (Wildman–Crippen MR) is 136 cm³/mol. The van der Waals surface area contributed by atoms with Crippen LogP contribution in [0.4, 0.5) is 10.1 Å². The number of hydrogen-bond acceptors (Lipinski definition) is 6. The van der Waals surface area contributed by atoms with Gasteiger partial charge in [-0.25, -0.2) is 4.39 Å². The summed E-state index contributed by atoms with van der Waals surface area (Å²) in [7, 11) is 0. The lowest BCUT2D eigenvalue weighted by molar-refractivity contribution is -0.128. The molecule has 0 aliphatic heterocycles. The number of furan rings is 1. The van der Waals surface area contributed by atoms with Crippen LogP contribution in [0.3, 0.4) is 0 Å². The molecular weight excluding hydrogens is 471 g/mol. The van der Waals surface area contributed by atoms with E-state index in [-0.39, 0.29) is 23.4 Å². The van der Waals surface area contributed by atoms with Crippen molar-refractivity contribution < 1.29 is 27.9 Å². The molecule has 2 rings (SSSR count). The number of unbranched alkanes of at least 4 members (excludes halogenated alkanes) is 2. The van der Waals surface area contributed by atoms with Crippen LogP contribution in [0.1, 0.15) is 58.6 Å². The Hall–Kier alpha value is -2.81. The van der Waals surface area contributed by atoms with Crippen LogP contribution in [0, 0.1) is 11.7 Å². The van der Waals surface area contributed by atoms with Crippen LogP contribution in [0.15, 0.2) is 41.0 Å². The minimum Gasteiger partial charge on any atom is -0.481 e. The molecule has 0 unspecified atom stereocenters. The monoisotopic (exact) mass is 506 g/mol. The minimum absolute atomic E-state index is 0.0307. The molecule has 9 heteroatoms. The Morgan fingerprint density at radius 2 is 1.91 bits per heavy atom. The van der Waals surface area contributed by atoms with E-state index in [1.54, 1.807) is 12.1 Å². The van der Waals surface area contributed by atoms with Gasteiger partial charge in [0, 0.05) is 12.5 Å². The normalized spacial score (nSPS) is 11.8. The molecule has 2 aromatic rings. The minimum atomic E-state index is -0.803. The van der Waals surface area contributed by atoms with E-state index in [1.165, 1.54) is 36.2 Å². The van der Waals surface area contributed by atoms with Crippen molar-refractivity contribution in [3.05, 3.63) is 48.2 Å². The fourth-order valence-electron chi connectivity index (χ4n) is 3.33. The number of Topliss-reactive ketones (excluding diaryl/α,β-unsaturated/α-hetero) is 1. The van der Waals surface area contributed by atoms with E-state index < -0.39 is 24.4 Å². The number of anilines is 1. The van der Waals surface area contributed by atoms with Gasteiger partial charge < -0.3 is 19.8 Å². The van der Waals surface area contributed by atoms with Crippen molar-refractivity contribution in [1.29, 1.82) is 0 Å². The van der Waals surface area contributed by atoms with Crippen molar-refractivity contribution in [2.45, 2.75) is 64.7 Å². The molecule has 0 fully saturated rings. The summed E-state index contributed by atoms with van der Waals surface area (Å²) in [6.07, 6.45) is 5.51. The smallest absolute Gasteiger partial charge is 0.258 e. The third kappa shape index (κ3) is 10.5. The van der Waals surface area contributed by atoms with Gasteiger partial charge in [0.2, 0.25) is 5.91 Å². The van der Waals surface area contributed by atoms with Crippen LogP contribution >= 0.6 is 11.8 Å². The predicted octanol–water partition coefficient (Wildman–Crippen LogP) is 5.35. The van der Waals surface area contributed by atoms with Crippen molar-refractivity contribution >= 4 is 35.0 Å². The van der Waals surface area contributed by atoms with E-state index in [1.807, 2.05) is 13.8 Å². The zero-order chi connectivity index (χ0) is 25.6. The molecule has 35 heavy (non-hydrogen) atoms. The van der Waals surface area contributed by atoms with Gasteiger partial charge in [-0.3, -0.25) is 14.4 Å². The maximum absolute atomic E-state index is 13.7. The van der Waals surface area contributed by atoms with E-state index in [0.29, 0.717) is 35.8 Å². The van der Waals surface area contributed by atoms with Crippen molar-refractivity contribution in [2.75, 3.05) is 17.7 Å². The highest BCUT2D eigenvalue weighted by atomic mass is 32.2. The van der Waals surface area contributed by atoms with Crippen molar-refractivity contribution in [1.82, 2.24) is 5.32 Å². The number of thioether (sulfide) groups is 1. The van der Waals surface area contributed by atoms with Gasteiger partial charge in [-0.2, -0.15) is 0 Å². The Morgan fingerprint density at radius 1 is 1.14 bits per heavy atom. The molecule has 2 N–H and O–H groups in total. The summed E-state index contributed by atoms with van der Waals surface area (Å²) in [6.45, 7) is 5.57. The molecule has 0 saturated carbocycles. The molecule has 2 amide bonds. The van der Waals surface area contributed by atoms with Gasteiger partial charge in [0.05, 0.1) is 23.5 Å². The summed E-state index contributed by atoms with van der Waals surface area (Å²) in [5.41, 5.74) is 0.506. The zero-order valence-electron chi connectivity index (χ0n) is 20.6. The lowest BCUT2D eigenvalue weighted by Crippen LogP contribution is -2.46. The van der Waals surface area contributed by atoms with Gasteiger partial charge in [0.1, 0.15) is 17.6 Å². The van der Waals surface area contributed by atoms with Gasteiger partial charge in [-0.15, -0.1) is 11.8 Å². The molecule has 192 valence electrons. The molecule has 0 aliphatic carbocycles. The van der Waals surface area contributed by atoms with Crippen LogP contribution in [0.2, 0.25) is 0 Å². The molecule has 0 saturated heterocycles. The number of ketones is 1. The number of carbonyl (C=O) groups is 3. The Morgan fingerprint density at radius 3 is 2.63 bits per heavy atom. The zero-order valence-corrected chi connectivity index (χ0v) is 21.4. The molecule has 0 spiro atoms. The Kier molecular flexibility index (Phi) is 12.4. The van der Waals surface area contributed by atoms with E-state index >= 15 is 0 Å². The quantitative estimate of drug-likeness (QED) is 0.298. The maximum atomic E-state index is 13.7. The van der Waals surface area contributed by atoms with Crippen molar-refractivity contribution in [3.8, 4) is 5.75 Å². The first-order chi connectivity index (χ1) is 16.8. The third-order valence-corrected chi connectivity index (χ3v) is 6.11. The van der Waals surface area contributed by atoms with Crippen molar-refractivity contribution in [2.24, 2.45) is 5.92 Å². The Bertz CT molecular complexity index is 963. The van der Waals surface area contributed by atoms with Crippen molar-refractivity contribution in [3.63, 3.8) is 0 Å². The summed E-state index contributed by atoms with van der Waals surface area (Å²) in [6, 6.07) is 6.64. The maximum Gasteiger partial charge on any atom is 0.258 e. The topological polar surface area (TPSA) is 97.6 Å². The van der Waals surface area contributed by atoms with E-state index in [9.17, 15) is 18.8 Å². The lowest BCUT2D eigenvalue weighted by atomic mass is 10.0. The fourth-order valence-corrected chi connectivity index (χ4v) is 4.21. The van der Waals surface area contributed by atoms with Gasteiger partial charge in [0.25, 0.3) is 5.91 Å². The molecule has 0 aliphatic rings. The number of ether oxygens (including phenoxy) is 1. The number of rotatable bonds is 16. The number of carbonyl (C=O) groups excluding carboxylic acids is 3. The second kappa shape index (κ2) is 15.2. The molecule has 7 nitrogen and oxygen atoms in total. The molecular formula is C26H35FN2O5S. The standard InChI is InChI=1S/C26H35FN2O5S/c1-4-5-6-9-19(30)16-35-17-24-21(12-13-33-24)29-26(32)22(14-18(2)3)28-25(31)15-34-23-11-8-7-10-20(23)27/h7-8,10-13,18,22H,4-6,9,14-17H2,1-3H3,(H,28,31)(H,29,32)/t22-/m0/s1. The van der Waals surface area contributed by atoms with E-state index in [2.05, 4.69) is 17.6 Å². The summed E-state index contributed by atoms with van der Waals surface area (Å²) in [5, 5.41) is 5.49. The molecule has 1 atom stereocenters. The number of amides is 2. The average Bonchev–Trinajstić information content (AvgIpc) is 3.24. The van der Waals surface area contributed by atoms with Crippen LogP contribution in [-0.4, -0.2) is 36.0 Å². The average molecular weight is 507 g/mol. The fraction of sp³-hybridized carbons (Fsp3) is 0.500. The highest BCUT2D eigenvalue weighted by molar-refractivity contribution is 7.99. The first-order valence-corrected chi connectivity index (χ1v) is 13.1. The largest absolute Gasteiger partial charge is 0.481 e. The number of halogens is 1. The second-order valence-electron chi connectivity index (χ2n) is 8.70. The van der Waals surface area contributed by atoms with Gasteiger partial charge in [-0.05, 0) is 30.9 Å². The van der Waals surface area contributed by atoms with Gasteiger partial charge >= 0.3 is 0 Å². The Labute approximate surface area is 210 Å². The van der Waals surface area contributed by atoms with Crippen LogP contribution in [-0.2, 0) is 20.1 Å². The number of benzene rings is 1. The highest BCUT2D eigenvalue weighted by Gasteiger charge is 2.24. The van der Waals surface area contributed by atoms with Gasteiger partial charge in [0.15, 0.2) is 18.2 Å². The third-order valence-electron chi connectivity index (χ3n) is 5.11. The Balaban J connectivity index is 1.89. The number of hydrogen-bond donors (Lipinski definition) is 2. The second-order valence-corrected chi connectivity index (χ2v) is 9.69. The molecule has 0 radical (unpaired) electrons. The van der Waals surface area contributed by atoms with Crippen LogP contribution < -0.4 is 15.4 Å². The molecule has 1 aromatic carbocycles. The van der Waals surface area contributed by atoms with E-state index in [4.69, 9.17) is 9.15 Å².